The molecule has 0 bridgehead atoms. The van der Waals surface area contributed by atoms with Gasteiger partial charge < -0.3 is 4.57 Å². The fourth-order valence-corrected chi connectivity index (χ4v) is 27.5. The Hall–Kier alpha value is -18.4. The van der Waals surface area contributed by atoms with Crippen LogP contribution >= 0.6 is 11.3 Å². The number of hydrogen-bond donors (Lipinski definition) is 0. The molecule has 0 saturated carbocycles. The molecule has 11 heteroatoms. The number of para-hydroxylation sites is 6. The van der Waals surface area contributed by atoms with E-state index in [1.54, 1.807) is 0 Å². The summed E-state index contributed by atoms with van der Waals surface area (Å²) in [6, 6.07) is 187. The van der Waals surface area contributed by atoms with Gasteiger partial charge in [0.25, 0.3) is 0 Å². The SMILES string of the molecule is c1ccc(-c2cc(-c3ccccc3)nc(-n3c4ccccc4c4cc(-c5cccc6c5sc5ccccc56)ccc43)n2)cc1.c1ccc(-c2cc(-n3c4ccccc4c4cc(-c5ccc6c(c5)c5ccccc5n6-c5ccccc5)ccc43)nc3ccccc23)cc1.c1ccc(-c2ccc3c4ccccc4n(-c4nccc(-c5cccc([Si](c6ccccc6)(c6ccccc6)c6ccccc6)c5)n4)c3c2)cc1. The lowest BCUT2D eigenvalue weighted by Gasteiger charge is -2.34. The number of aromatic nitrogens is 9. The molecule has 28 aromatic rings. The molecule has 28 rings (SSSR count). The van der Waals surface area contributed by atoms with Crippen molar-refractivity contribution in [2.75, 3.05) is 0 Å². The zero-order valence-electron chi connectivity index (χ0n) is 77.2. The van der Waals surface area contributed by atoms with Gasteiger partial charge in [-0.25, -0.2) is 24.9 Å². The Morgan fingerprint density at radius 2 is 0.577 bits per heavy atom. The van der Waals surface area contributed by atoms with Gasteiger partial charge >= 0.3 is 0 Å². The molecule has 8 heterocycles. The molecule has 0 unspecified atom stereocenters. The molecule has 0 fully saturated rings. The van der Waals surface area contributed by atoms with Crippen LogP contribution in [0.4, 0.5) is 0 Å². The van der Waals surface area contributed by atoms with Gasteiger partial charge in [0, 0.05) is 97.2 Å². The molecule has 0 atom stereocenters. The van der Waals surface area contributed by atoms with Crippen molar-refractivity contribution >= 4 is 158 Å². The van der Waals surface area contributed by atoms with Crippen LogP contribution in [0.5, 0.6) is 0 Å². The van der Waals surface area contributed by atoms with Gasteiger partial charge in [0.15, 0.2) is 8.07 Å². The van der Waals surface area contributed by atoms with Crippen molar-refractivity contribution in [3.8, 4) is 102 Å². The summed E-state index contributed by atoms with van der Waals surface area (Å²) >= 11 is 1.87. The minimum Gasteiger partial charge on any atom is -0.309 e. The van der Waals surface area contributed by atoms with Gasteiger partial charge in [-0.1, -0.05) is 413 Å². The van der Waals surface area contributed by atoms with Gasteiger partial charge in [0.1, 0.15) is 5.82 Å². The third-order valence-electron chi connectivity index (χ3n) is 28.0. The van der Waals surface area contributed by atoms with Crippen molar-refractivity contribution in [1.82, 2.24) is 43.2 Å². The summed E-state index contributed by atoms with van der Waals surface area (Å²) in [5, 5.41) is 18.8. The van der Waals surface area contributed by atoms with Gasteiger partial charge in [-0.2, -0.15) is 0 Å². The van der Waals surface area contributed by atoms with Crippen LogP contribution in [0.25, 0.3) is 220 Å². The summed E-state index contributed by atoms with van der Waals surface area (Å²) in [7, 11) is -2.69. The zero-order chi connectivity index (χ0) is 94.0. The number of pyridine rings is 1. The molecule has 0 N–H and O–H groups in total. The first-order chi connectivity index (χ1) is 70.4. The topological polar surface area (TPSA) is 84.2 Å². The average Bonchev–Trinajstić information content (AvgIpc) is 1.37. The van der Waals surface area contributed by atoms with Gasteiger partial charge in [0.05, 0.1) is 66.7 Å². The highest BCUT2D eigenvalue weighted by Crippen LogP contribution is 2.46. The second kappa shape index (κ2) is 35.9. The Morgan fingerprint density at radius 1 is 0.190 bits per heavy atom. The van der Waals surface area contributed by atoms with Crippen molar-refractivity contribution < 1.29 is 0 Å². The maximum Gasteiger partial charge on any atom is 0.235 e. The van der Waals surface area contributed by atoms with Crippen LogP contribution in [0.1, 0.15) is 0 Å². The second-order valence-corrected chi connectivity index (χ2v) is 40.9. The quantitative estimate of drug-likeness (QED) is 0.0754. The van der Waals surface area contributed by atoms with Crippen LogP contribution in [-0.4, -0.2) is 51.3 Å². The molecule has 142 heavy (non-hydrogen) atoms. The fourth-order valence-electron chi connectivity index (χ4n) is 21.5. The van der Waals surface area contributed by atoms with Crippen molar-refractivity contribution in [2.45, 2.75) is 0 Å². The van der Waals surface area contributed by atoms with Crippen LogP contribution in [0.3, 0.4) is 0 Å². The third-order valence-corrected chi connectivity index (χ3v) is 34.0. The van der Waals surface area contributed by atoms with Crippen LogP contribution in [0.2, 0.25) is 0 Å². The molecule has 8 aromatic heterocycles. The van der Waals surface area contributed by atoms with Gasteiger partial charge in [-0.15, -0.1) is 11.3 Å². The summed E-state index contributed by atoms with van der Waals surface area (Å²) in [5.74, 6) is 2.24. The molecule has 20 aromatic carbocycles. The lowest BCUT2D eigenvalue weighted by atomic mass is 10.0. The van der Waals surface area contributed by atoms with Crippen LogP contribution < -0.4 is 20.7 Å². The van der Waals surface area contributed by atoms with Crippen LogP contribution in [-0.2, 0) is 0 Å². The highest BCUT2D eigenvalue weighted by Gasteiger charge is 2.42. The molecule has 0 saturated heterocycles. The lowest BCUT2D eigenvalue weighted by molar-refractivity contribution is 0.992. The first kappa shape index (κ1) is 84.1. The number of hydrogen-bond acceptors (Lipinski definition) is 6. The third kappa shape index (κ3) is 14.8. The highest BCUT2D eigenvalue weighted by molar-refractivity contribution is 7.26. The summed E-state index contributed by atoms with van der Waals surface area (Å²) < 4.78 is 11.8. The summed E-state index contributed by atoms with van der Waals surface area (Å²) in [6.45, 7) is 0. The Kier molecular flexibility index (Phi) is 21.3. The van der Waals surface area contributed by atoms with E-state index in [1.165, 1.54) is 140 Å². The van der Waals surface area contributed by atoms with Crippen LogP contribution in [0, 0.1) is 0 Å². The molecule has 666 valence electrons. The normalized spacial score (nSPS) is 11.7. The molecule has 0 amide bonds. The van der Waals surface area contributed by atoms with E-state index in [-0.39, 0.29) is 0 Å². The summed E-state index contributed by atoms with van der Waals surface area (Å²) in [4.78, 5) is 25.8. The van der Waals surface area contributed by atoms with E-state index in [0.717, 1.165) is 89.2 Å². The molecular formula is C131H87N9SSi. The van der Waals surface area contributed by atoms with Crippen LogP contribution in [0.15, 0.2) is 528 Å². The largest absolute Gasteiger partial charge is 0.309 e. The van der Waals surface area contributed by atoms with Crippen molar-refractivity contribution in [1.29, 1.82) is 0 Å². The number of benzene rings is 20. The van der Waals surface area contributed by atoms with Crippen molar-refractivity contribution in [3.05, 3.63) is 528 Å². The predicted molar refractivity (Wildman–Crippen MR) is 598 cm³/mol. The lowest BCUT2D eigenvalue weighted by Crippen LogP contribution is -2.74. The molecule has 9 nitrogen and oxygen atoms in total. The number of thiophene rings is 1. The second-order valence-electron chi connectivity index (χ2n) is 36.1. The molecular weight excluding hydrogens is 1760 g/mol. The molecule has 0 aliphatic carbocycles. The minimum absolute atomic E-state index is 0.655. The highest BCUT2D eigenvalue weighted by atomic mass is 32.1. The first-order valence-electron chi connectivity index (χ1n) is 48.2. The maximum atomic E-state index is 5.30. The summed E-state index contributed by atoms with van der Waals surface area (Å²) in [5.41, 5.74) is 26.7. The Labute approximate surface area is 825 Å². The predicted octanol–water partition coefficient (Wildman–Crippen LogP) is 31.0. The standard InChI is InChI=1S/C46H33N3Si.C45H29N3.C40H25N3S/c1-5-16-34(17-6-1)35-28-29-42-41-26-13-14-27-44(41)49(45(42)33-35)46-47-31-30-43(48-46)36-18-15-25-40(32-36)50(37-19-7-2-8-20-37,38-21-9-3-10-22-38)39-23-11-4-12-24-39;1-3-13-30(14-4-1)37-29-45(46-40-20-10-7-17-34(37)40)48-42-22-12-9-19-36(42)39-28-32(24-26-44(39)48)31-23-25-43-38(27-31)35-18-8-11-21-41(35)47(43)33-15-5-2-6-16-33;1-3-12-26(13-4-1)34-25-35(27-14-5-2-6-15-27)42-40(41-34)43-36-20-9-7-16-30(36)33-24-28(22-23-37(33)43)29-18-11-19-32-31-17-8-10-21-38(31)44-39(29)32/h1-33H;1-29H;1-25H. The van der Waals surface area contributed by atoms with Crippen molar-refractivity contribution in [2.24, 2.45) is 0 Å². The first-order valence-corrected chi connectivity index (χ1v) is 51.0. The van der Waals surface area contributed by atoms with Gasteiger partial charge in [-0.3, -0.25) is 13.7 Å². The smallest absolute Gasteiger partial charge is 0.235 e. The van der Waals surface area contributed by atoms with E-state index in [9.17, 15) is 0 Å². The van der Waals surface area contributed by atoms with E-state index >= 15 is 0 Å². The molecule has 0 spiro atoms. The summed E-state index contributed by atoms with van der Waals surface area (Å²) in [6.07, 6.45) is 1.89. The monoisotopic (exact) mass is 1850 g/mol. The number of nitrogens with zero attached hydrogens (tertiary/aromatic N) is 9. The Balaban J connectivity index is 0.000000109. The maximum absolute atomic E-state index is 5.30. The van der Waals surface area contributed by atoms with E-state index in [2.05, 4.69) is 522 Å². The Morgan fingerprint density at radius 3 is 1.15 bits per heavy atom. The zero-order valence-corrected chi connectivity index (χ0v) is 79.0. The fraction of sp³-hybridized carbons (Fsp3) is 0. The molecule has 0 radical (unpaired) electrons. The molecule has 0 aliphatic rings. The Bertz CT molecular complexity index is 9510. The van der Waals surface area contributed by atoms with E-state index in [4.69, 9.17) is 24.9 Å². The number of fused-ring (bicyclic) bond motifs is 16. The van der Waals surface area contributed by atoms with E-state index < -0.39 is 8.07 Å². The minimum atomic E-state index is -2.69. The average molecular weight is 1850 g/mol. The van der Waals surface area contributed by atoms with E-state index in [1.807, 2.05) is 35.7 Å². The molecule has 0 aliphatic heterocycles. The van der Waals surface area contributed by atoms with Crippen molar-refractivity contribution in [3.63, 3.8) is 0 Å². The van der Waals surface area contributed by atoms with Gasteiger partial charge in [-0.05, 0) is 174 Å². The van der Waals surface area contributed by atoms with Gasteiger partial charge in [0.2, 0.25) is 11.9 Å². The van der Waals surface area contributed by atoms with E-state index in [0.29, 0.717) is 11.9 Å². The number of rotatable bonds is 15.